The summed E-state index contributed by atoms with van der Waals surface area (Å²) >= 11 is 6.28. The first-order valence-corrected chi connectivity index (χ1v) is 9.39. The van der Waals surface area contributed by atoms with E-state index in [0.717, 1.165) is 49.9 Å². The molecule has 5 heteroatoms. The molecule has 2 atom stereocenters. The molecule has 0 saturated carbocycles. The second-order valence-corrected chi connectivity index (χ2v) is 7.19. The van der Waals surface area contributed by atoms with Gasteiger partial charge in [0.2, 0.25) is 0 Å². The maximum Gasteiger partial charge on any atom is 0.0697 e. The third-order valence-corrected chi connectivity index (χ3v) is 4.90. The van der Waals surface area contributed by atoms with Crippen molar-refractivity contribution in [1.82, 2.24) is 9.88 Å². The van der Waals surface area contributed by atoms with Crippen molar-refractivity contribution in [1.29, 1.82) is 0 Å². The van der Waals surface area contributed by atoms with Gasteiger partial charge in [-0.2, -0.15) is 0 Å². The van der Waals surface area contributed by atoms with Crippen LogP contribution in [0.2, 0.25) is 0 Å². The van der Waals surface area contributed by atoms with E-state index in [4.69, 9.17) is 16.7 Å². The second-order valence-electron chi connectivity index (χ2n) is 6.63. The lowest BCUT2D eigenvalue weighted by Crippen LogP contribution is -2.38. The fourth-order valence-corrected chi connectivity index (χ4v) is 3.68. The zero-order valence-corrected chi connectivity index (χ0v) is 15.8. The van der Waals surface area contributed by atoms with Crippen molar-refractivity contribution < 1.29 is 5.11 Å². The Morgan fingerprint density at radius 2 is 2.25 bits per heavy atom. The Hall–Kier alpha value is -1.10. The summed E-state index contributed by atoms with van der Waals surface area (Å²) < 4.78 is 0. The van der Waals surface area contributed by atoms with Crippen LogP contribution in [0, 0.1) is 0 Å². The molecule has 0 fully saturated rings. The van der Waals surface area contributed by atoms with Crippen LogP contribution in [-0.2, 0) is 0 Å². The number of fused-ring (bicyclic) bond motifs is 1. The standard InChI is InChI=1S/C19H30ClN3O/c1-4-23(10-11-24)9-5-6-15(3)22-17-7-8-21-18-13-16(20)12-14(2)19(17)18/h7-8,13,15-16,22,24H,4-6,9-12H2,1-3H3. The van der Waals surface area contributed by atoms with Gasteiger partial charge in [0.05, 0.1) is 17.3 Å². The van der Waals surface area contributed by atoms with Crippen LogP contribution < -0.4 is 15.9 Å². The quantitative estimate of drug-likeness (QED) is 0.667. The summed E-state index contributed by atoms with van der Waals surface area (Å²) in [6, 6.07) is 2.46. The first-order chi connectivity index (χ1) is 11.5. The third-order valence-electron chi connectivity index (χ3n) is 4.62. The van der Waals surface area contributed by atoms with Gasteiger partial charge in [-0.1, -0.05) is 12.5 Å². The minimum atomic E-state index is 0.0456. The highest BCUT2D eigenvalue weighted by Crippen LogP contribution is 2.15. The van der Waals surface area contributed by atoms with Gasteiger partial charge < -0.3 is 15.3 Å². The highest BCUT2D eigenvalue weighted by atomic mass is 35.5. The number of nitrogens with one attached hydrogen (secondary N) is 1. The summed E-state index contributed by atoms with van der Waals surface area (Å²) in [5.41, 5.74) is 2.46. The Balaban J connectivity index is 1.99. The summed E-state index contributed by atoms with van der Waals surface area (Å²) in [7, 11) is 0. The first kappa shape index (κ1) is 19.2. The van der Waals surface area contributed by atoms with Crippen LogP contribution in [0.25, 0.3) is 11.6 Å². The van der Waals surface area contributed by atoms with Gasteiger partial charge in [0.1, 0.15) is 0 Å². The summed E-state index contributed by atoms with van der Waals surface area (Å²) in [5.74, 6) is 0. The SMILES string of the molecule is CCN(CCO)CCCC(C)Nc1ccnc2c1=C(C)CC(Cl)C=2. The molecule has 0 amide bonds. The summed E-state index contributed by atoms with van der Waals surface area (Å²) in [4.78, 5) is 6.76. The molecule has 1 heterocycles. The molecule has 2 unspecified atom stereocenters. The Morgan fingerprint density at radius 3 is 2.96 bits per heavy atom. The zero-order chi connectivity index (χ0) is 17.5. The van der Waals surface area contributed by atoms with E-state index in [1.165, 1.54) is 10.8 Å². The van der Waals surface area contributed by atoms with Crippen molar-refractivity contribution in [3.8, 4) is 0 Å². The maximum atomic E-state index is 9.05. The van der Waals surface area contributed by atoms with Crippen LogP contribution >= 0.6 is 11.6 Å². The molecule has 0 aromatic carbocycles. The Morgan fingerprint density at radius 1 is 1.46 bits per heavy atom. The lowest BCUT2D eigenvalue weighted by molar-refractivity contribution is 0.199. The van der Waals surface area contributed by atoms with Crippen molar-refractivity contribution in [2.45, 2.75) is 51.5 Å². The van der Waals surface area contributed by atoms with Gasteiger partial charge in [0.15, 0.2) is 0 Å². The van der Waals surface area contributed by atoms with Gasteiger partial charge in [0, 0.05) is 29.7 Å². The maximum absolute atomic E-state index is 9.05. The van der Waals surface area contributed by atoms with E-state index in [1.54, 1.807) is 0 Å². The molecule has 1 aliphatic rings. The van der Waals surface area contributed by atoms with Crippen LogP contribution in [0.3, 0.4) is 0 Å². The molecule has 0 radical (unpaired) electrons. The van der Waals surface area contributed by atoms with Crippen molar-refractivity contribution in [2.24, 2.45) is 0 Å². The van der Waals surface area contributed by atoms with Crippen LogP contribution in [-0.4, -0.2) is 52.7 Å². The molecule has 2 N–H and O–H groups in total. The van der Waals surface area contributed by atoms with Gasteiger partial charge in [0.25, 0.3) is 0 Å². The van der Waals surface area contributed by atoms with Crippen molar-refractivity contribution in [2.75, 3.05) is 31.6 Å². The number of halogens is 1. The number of pyridine rings is 1. The number of alkyl halides is 1. The molecular weight excluding hydrogens is 322 g/mol. The minimum Gasteiger partial charge on any atom is -0.395 e. The number of hydrogen-bond donors (Lipinski definition) is 2. The van der Waals surface area contributed by atoms with E-state index in [1.807, 2.05) is 12.3 Å². The lowest BCUT2D eigenvalue weighted by atomic mass is 10.0. The fourth-order valence-electron chi connectivity index (χ4n) is 3.33. The van der Waals surface area contributed by atoms with Gasteiger partial charge in [-0.15, -0.1) is 11.6 Å². The summed E-state index contributed by atoms with van der Waals surface area (Å²) in [6.45, 7) is 9.53. The molecule has 24 heavy (non-hydrogen) atoms. The summed E-state index contributed by atoms with van der Waals surface area (Å²) in [6.07, 6.45) is 7.00. The van der Waals surface area contributed by atoms with E-state index in [2.05, 4.69) is 42.0 Å². The monoisotopic (exact) mass is 351 g/mol. The van der Waals surface area contributed by atoms with Crippen molar-refractivity contribution in [3.63, 3.8) is 0 Å². The Labute approximate surface area is 150 Å². The average molecular weight is 352 g/mol. The topological polar surface area (TPSA) is 48.4 Å². The minimum absolute atomic E-state index is 0.0456. The largest absolute Gasteiger partial charge is 0.395 e. The van der Waals surface area contributed by atoms with E-state index in [9.17, 15) is 0 Å². The molecule has 0 bridgehead atoms. The van der Waals surface area contributed by atoms with Crippen LogP contribution in [0.4, 0.5) is 5.69 Å². The molecule has 1 aliphatic carbocycles. The Bertz CT molecular complexity index is 647. The number of nitrogens with zero attached hydrogens (tertiary/aromatic N) is 2. The van der Waals surface area contributed by atoms with Crippen molar-refractivity contribution in [3.05, 3.63) is 22.8 Å². The molecule has 1 aromatic heterocycles. The normalized spacial score (nSPS) is 18.2. The molecule has 1 aromatic rings. The number of rotatable bonds is 9. The molecule has 4 nitrogen and oxygen atoms in total. The molecule has 134 valence electrons. The fraction of sp³-hybridized carbons (Fsp3) is 0.632. The number of hydrogen-bond acceptors (Lipinski definition) is 4. The highest BCUT2D eigenvalue weighted by Gasteiger charge is 2.13. The molecule has 0 spiro atoms. The predicted octanol–water partition coefficient (Wildman–Crippen LogP) is 1.94. The van der Waals surface area contributed by atoms with E-state index in [0.29, 0.717) is 6.04 Å². The molecular formula is C19H30ClN3O. The van der Waals surface area contributed by atoms with Gasteiger partial charge in [-0.3, -0.25) is 4.98 Å². The van der Waals surface area contributed by atoms with Gasteiger partial charge in [-0.05, 0) is 58.3 Å². The third kappa shape index (κ3) is 5.20. The van der Waals surface area contributed by atoms with Gasteiger partial charge in [-0.25, -0.2) is 0 Å². The number of likely N-dealkylation sites (N-methyl/N-ethyl adjacent to an activating group) is 1. The lowest BCUT2D eigenvalue weighted by Gasteiger charge is -2.22. The number of aliphatic hydroxyl groups is 1. The number of aromatic nitrogens is 1. The zero-order valence-electron chi connectivity index (χ0n) is 15.1. The van der Waals surface area contributed by atoms with Crippen LogP contribution in [0.5, 0.6) is 0 Å². The van der Waals surface area contributed by atoms with Crippen LogP contribution in [0.15, 0.2) is 12.3 Å². The van der Waals surface area contributed by atoms with E-state index < -0.39 is 0 Å². The Kier molecular flexibility index (Phi) is 7.53. The van der Waals surface area contributed by atoms with E-state index >= 15 is 0 Å². The first-order valence-electron chi connectivity index (χ1n) is 8.95. The molecule has 0 aliphatic heterocycles. The summed E-state index contributed by atoms with van der Waals surface area (Å²) in [5, 5.41) is 15.0. The number of aliphatic hydroxyl groups excluding tert-OH is 1. The van der Waals surface area contributed by atoms with Gasteiger partial charge >= 0.3 is 0 Å². The highest BCUT2D eigenvalue weighted by molar-refractivity contribution is 6.24. The smallest absolute Gasteiger partial charge is 0.0697 e. The van der Waals surface area contributed by atoms with Crippen LogP contribution in [0.1, 0.15) is 40.0 Å². The number of anilines is 1. The van der Waals surface area contributed by atoms with Crippen molar-refractivity contribution >= 4 is 28.9 Å². The molecule has 2 rings (SSSR count). The predicted molar refractivity (Wildman–Crippen MR) is 103 cm³/mol. The van der Waals surface area contributed by atoms with E-state index in [-0.39, 0.29) is 12.0 Å². The molecule has 0 saturated heterocycles. The second kappa shape index (κ2) is 9.40. The average Bonchev–Trinajstić information content (AvgIpc) is 2.53.